The summed E-state index contributed by atoms with van der Waals surface area (Å²) < 4.78 is 36.5. The summed E-state index contributed by atoms with van der Waals surface area (Å²) in [6.07, 6.45) is 0.140. The van der Waals surface area contributed by atoms with E-state index in [9.17, 15) is 18.8 Å². The molecular weight excluding hydrogens is 441 g/mol. The van der Waals surface area contributed by atoms with Crippen LogP contribution in [-0.4, -0.2) is 52.4 Å². The zero-order chi connectivity index (χ0) is 23.3. The maximum absolute atomic E-state index is 14.8. The lowest BCUT2D eigenvalue weighted by Gasteiger charge is -2.39. The third-order valence-corrected chi connectivity index (χ3v) is 5.69. The summed E-state index contributed by atoms with van der Waals surface area (Å²) >= 11 is 1.15. The van der Waals surface area contributed by atoms with Crippen molar-refractivity contribution in [2.75, 3.05) is 5.75 Å². The van der Waals surface area contributed by atoms with Crippen molar-refractivity contribution in [1.29, 1.82) is 0 Å². The molecule has 170 valence electrons. The largest absolute Gasteiger partial charge is 0.473 e. The van der Waals surface area contributed by atoms with Crippen LogP contribution in [-0.2, 0) is 28.6 Å². The maximum atomic E-state index is 14.8. The Balaban J connectivity index is 1.86. The Bertz CT molecular complexity index is 987. The SMILES string of the molecule is CC(=O)O[C@@H]1[C@@H](OC(C)=O)[C@H](OC(C)=O)CS[C@H]1Oc1ccc(-c2cccnc2)cc1F. The first-order valence-electron chi connectivity index (χ1n) is 9.74. The van der Waals surface area contributed by atoms with Crippen LogP contribution in [0.5, 0.6) is 5.75 Å². The van der Waals surface area contributed by atoms with E-state index < -0.39 is 47.5 Å². The number of halogens is 1. The van der Waals surface area contributed by atoms with Gasteiger partial charge in [-0.15, -0.1) is 11.8 Å². The molecule has 32 heavy (non-hydrogen) atoms. The Morgan fingerprint density at radius 1 is 0.969 bits per heavy atom. The Morgan fingerprint density at radius 2 is 1.66 bits per heavy atom. The summed E-state index contributed by atoms with van der Waals surface area (Å²) in [5, 5.41) is 0. The number of hydrogen-bond acceptors (Lipinski definition) is 9. The van der Waals surface area contributed by atoms with E-state index >= 15 is 0 Å². The topological polar surface area (TPSA) is 101 Å². The molecule has 0 amide bonds. The molecule has 1 aromatic heterocycles. The van der Waals surface area contributed by atoms with E-state index in [1.54, 1.807) is 30.6 Å². The van der Waals surface area contributed by atoms with Crippen LogP contribution in [0, 0.1) is 5.82 Å². The Morgan fingerprint density at radius 3 is 2.25 bits per heavy atom. The van der Waals surface area contributed by atoms with Gasteiger partial charge in [-0.05, 0) is 23.8 Å². The molecule has 0 aliphatic carbocycles. The molecule has 0 unspecified atom stereocenters. The Hall–Kier alpha value is -3.14. The highest BCUT2D eigenvalue weighted by molar-refractivity contribution is 7.99. The van der Waals surface area contributed by atoms with Gasteiger partial charge in [0, 0.05) is 44.5 Å². The van der Waals surface area contributed by atoms with E-state index in [2.05, 4.69) is 4.98 Å². The van der Waals surface area contributed by atoms with Crippen molar-refractivity contribution in [3.8, 4) is 16.9 Å². The molecule has 0 bridgehead atoms. The number of benzene rings is 1. The molecule has 2 heterocycles. The average Bonchev–Trinajstić information content (AvgIpc) is 2.73. The maximum Gasteiger partial charge on any atom is 0.303 e. The molecule has 2 aromatic rings. The lowest BCUT2D eigenvalue weighted by molar-refractivity contribution is -0.186. The smallest absolute Gasteiger partial charge is 0.303 e. The number of esters is 3. The van der Waals surface area contributed by atoms with E-state index in [1.807, 2.05) is 0 Å². The number of nitrogens with zero attached hydrogens (tertiary/aromatic N) is 1. The van der Waals surface area contributed by atoms with Crippen LogP contribution in [0.15, 0.2) is 42.7 Å². The van der Waals surface area contributed by atoms with Crippen molar-refractivity contribution in [2.24, 2.45) is 0 Å². The van der Waals surface area contributed by atoms with Crippen molar-refractivity contribution in [3.05, 3.63) is 48.5 Å². The quantitative estimate of drug-likeness (QED) is 0.472. The highest BCUT2D eigenvalue weighted by atomic mass is 32.2. The second-order valence-electron chi connectivity index (χ2n) is 7.00. The van der Waals surface area contributed by atoms with Gasteiger partial charge in [0.05, 0.1) is 0 Å². The molecule has 0 spiro atoms. The third-order valence-electron chi connectivity index (χ3n) is 4.47. The van der Waals surface area contributed by atoms with E-state index in [0.29, 0.717) is 5.56 Å². The molecule has 1 aliphatic rings. The van der Waals surface area contributed by atoms with Crippen LogP contribution in [0.2, 0.25) is 0 Å². The van der Waals surface area contributed by atoms with Crippen LogP contribution in [0.25, 0.3) is 11.1 Å². The first-order valence-corrected chi connectivity index (χ1v) is 10.8. The van der Waals surface area contributed by atoms with Gasteiger partial charge in [0.25, 0.3) is 0 Å². The van der Waals surface area contributed by atoms with Crippen LogP contribution in [0.3, 0.4) is 0 Å². The fourth-order valence-corrected chi connectivity index (χ4v) is 4.45. The molecule has 3 rings (SSSR count). The van der Waals surface area contributed by atoms with Crippen molar-refractivity contribution in [1.82, 2.24) is 4.98 Å². The number of thioether (sulfide) groups is 1. The molecular formula is C22H22FNO7S. The number of carbonyl (C=O) groups excluding carboxylic acids is 3. The second-order valence-corrected chi connectivity index (χ2v) is 8.13. The van der Waals surface area contributed by atoms with Gasteiger partial charge in [-0.1, -0.05) is 12.1 Å². The number of rotatable bonds is 6. The van der Waals surface area contributed by atoms with Gasteiger partial charge in [0.2, 0.25) is 0 Å². The van der Waals surface area contributed by atoms with Crippen LogP contribution < -0.4 is 4.74 Å². The monoisotopic (exact) mass is 463 g/mol. The number of ether oxygens (including phenoxy) is 4. The predicted molar refractivity (Wildman–Crippen MR) is 113 cm³/mol. The van der Waals surface area contributed by atoms with Crippen molar-refractivity contribution in [3.63, 3.8) is 0 Å². The zero-order valence-electron chi connectivity index (χ0n) is 17.6. The lowest BCUT2D eigenvalue weighted by Crippen LogP contribution is -2.55. The molecule has 0 radical (unpaired) electrons. The second kappa shape index (κ2) is 10.4. The summed E-state index contributed by atoms with van der Waals surface area (Å²) in [7, 11) is 0. The van der Waals surface area contributed by atoms with Gasteiger partial charge in [-0.3, -0.25) is 19.4 Å². The molecule has 8 nitrogen and oxygen atoms in total. The molecule has 1 aliphatic heterocycles. The normalized spacial score (nSPS) is 22.5. The first kappa shape index (κ1) is 23.5. The molecule has 10 heteroatoms. The summed E-state index contributed by atoms with van der Waals surface area (Å²) in [6.45, 7) is 3.59. The summed E-state index contributed by atoms with van der Waals surface area (Å²) in [4.78, 5) is 38.9. The van der Waals surface area contributed by atoms with E-state index in [4.69, 9.17) is 18.9 Å². The molecule has 1 aromatic carbocycles. The van der Waals surface area contributed by atoms with Crippen LogP contribution in [0.4, 0.5) is 4.39 Å². The molecule has 1 saturated heterocycles. The standard InChI is InChI=1S/C22H22FNO7S/c1-12(25)28-19-11-32-22(21(30-14(3)27)20(19)29-13(2)26)31-18-7-6-15(9-17(18)23)16-5-4-8-24-10-16/h4-10,19-22H,11H2,1-3H3/t19-,20+,21-,22-/m1/s1. The zero-order valence-corrected chi connectivity index (χ0v) is 18.5. The van der Waals surface area contributed by atoms with E-state index in [0.717, 1.165) is 17.3 Å². The summed E-state index contributed by atoms with van der Waals surface area (Å²) in [5.74, 6) is -2.39. The van der Waals surface area contributed by atoms with Gasteiger partial charge in [0.15, 0.2) is 35.3 Å². The van der Waals surface area contributed by atoms with Gasteiger partial charge in [-0.2, -0.15) is 0 Å². The van der Waals surface area contributed by atoms with Gasteiger partial charge in [-0.25, -0.2) is 4.39 Å². The van der Waals surface area contributed by atoms with Crippen molar-refractivity contribution >= 4 is 29.7 Å². The summed E-state index contributed by atoms with van der Waals surface area (Å²) in [5.41, 5.74) is 0.444. The number of pyridine rings is 1. The van der Waals surface area contributed by atoms with Gasteiger partial charge >= 0.3 is 17.9 Å². The Kier molecular flexibility index (Phi) is 7.68. The van der Waals surface area contributed by atoms with E-state index in [-0.39, 0.29) is 11.5 Å². The minimum absolute atomic E-state index is 0.0696. The minimum atomic E-state index is -1.13. The number of hydrogen-bond donors (Lipinski definition) is 0. The average molecular weight is 463 g/mol. The number of aromatic nitrogens is 1. The highest BCUT2D eigenvalue weighted by Gasteiger charge is 2.47. The predicted octanol–water partition coefficient (Wildman–Crippen LogP) is 3.13. The third kappa shape index (κ3) is 5.97. The van der Waals surface area contributed by atoms with Crippen molar-refractivity contribution in [2.45, 2.75) is 44.5 Å². The van der Waals surface area contributed by atoms with Gasteiger partial charge < -0.3 is 18.9 Å². The van der Waals surface area contributed by atoms with Gasteiger partial charge in [0.1, 0.15) is 0 Å². The van der Waals surface area contributed by atoms with E-state index in [1.165, 1.54) is 32.9 Å². The van der Waals surface area contributed by atoms with Crippen LogP contribution in [0.1, 0.15) is 20.8 Å². The first-order chi connectivity index (χ1) is 15.2. The van der Waals surface area contributed by atoms with Crippen LogP contribution >= 0.6 is 11.8 Å². The number of carbonyl (C=O) groups is 3. The fraction of sp³-hybridized carbons (Fsp3) is 0.364. The minimum Gasteiger partial charge on any atom is -0.473 e. The summed E-state index contributed by atoms with van der Waals surface area (Å²) in [6, 6.07) is 7.99. The highest BCUT2D eigenvalue weighted by Crippen LogP contribution is 2.35. The molecule has 0 saturated carbocycles. The fourth-order valence-electron chi connectivity index (χ4n) is 3.24. The Labute approximate surface area is 188 Å². The molecule has 0 N–H and O–H groups in total. The lowest BCUT2D eigenvalue weighted by atomic mass is 10.1. The molecule has 4 atom stereocenters. The van der Waals surface area contributed by atoms with Crippen molar-refractivity contribution < 1.29 is 37.7 Å². The molecule has 1 fully saturated rings.